The van der Waals surface area contributed by atoms with Crippen molar-refractivity contribution in [2.45, 2.75) is 26.4 Å². The van der Waals surface area contributed by atoms with Crippen LogP contribution in [0.5, 0.6) is 11.5 Å². The number of aryl methyl sites for hydroxylation is 3. The van der Waals surface area contributed by atoms with Crippen LogP contribution in [0.25, 0.3) is 16.7 Å². The van der Waals surface area contributed by atoms with Gasteiger partial charge in [0.05, 0.1) is 6.54 Å². The minimum absolute atomic E-state index is 0.180. The molecule has 3 N–H and O–H groups in total. The number of rotatable bonds is 6. The fourth-order valence-corrected chi connectivity index (χ4v) is 4.73. The van der Waals surface area contributed by atoms with Crippen LogP contribution < -0.4 is 30.7 Å². The molecule has 0 spiro atoms. The smallest absolute Gasteiger partial charge is 0.278 e. The van der Waals surface area contributed by atoms with Gasteiger partial charge in [-0.3, -0.25) is 14.0 Å². The van der Waals surface area contributed by atoms with Gasteiger partial charge in [0.15, 0.2) is 11.5 Å². The van der Waals surface area contributed by atoms with Crippen molar-refractivity contribution in [2.24, 2.45) is 0 Å². The summed E-state index contributed by atoms with van der Waals surface area (Å²) in [7, 11) is 0. The summed E-state index contributed by atoms with van der Waals surface area (Å²) in [6.07, 6.45) is 2.34. The number of anilines is 1. The predicted octanol–water partition coefficient (Wildman–Crippen LogP) is 2.93. The van der Waals surface area contributed by atoms with Crippen LogP contribution in [-0.4, -0.2) is 22.1 Å². The van der Waals surface area contributed by atoms with Crippen molar-refractivity contribution < 1.29 is 18.8 Å². The summed E-state index contributed by atoms with van der Waals surface area (Å²) in [5, 5.41) is 3.24. The second-order valence-corrected chi connectivity index (χ2v) is 9.24. The highest BCUT2D eigenvalue weighted by atomic mass is 16.7. The lowest BCUT2D eigenvalue weighted by Crippen LogP contribution is -2.43. The SMILES string of the molecule is Cc1cccn2c(=O)c3cc(C(=O)NCc4ccc5c(c4)OCO5)c(N)[n+](CCc4ccccc4)c3nc12. The Kier molecular flexibility index (Phi) is 5.88. The number of aromatic nitrogens is 3. The maximum Gasteiger partial charge on any atom is 0.278 e. The van der Waals surface area contributed by atoms with Crippen LogP contribution in [0.15, 0.2) is 77.7 Å². The van der Waals surface area contributed by atoms with Gasteiger partial charge in [0, 0.05) is 24.7 Å². The standard InChI is InChI=1S/C29H25N5O4/c1-18-6-5-12-34-26(18)32-27-22(29(34)36)15-21(25(30)33(27)13-11-19-7-3-2-4-8-19)28(35)31-16-20-9-10-23-24(14-20)38-17-37-23/h2-10,12,14-15,30H,11,13,16-17H2,1H3,(H,31,35)/p+1. The number of nitrogens with zero attached hydrogens (tertiary/aromatic N) is 3. The van der Waals surface area contributed by atoms with E-state index in [1.165, 1.54) is 4.40 Å². The molecule has 9 nitrogen and oxygen atoms in total. The molecule has 3 aromatic heterocycles. The van der Waals surface area contributed by atoms with Crippen LogP contribution in [0.1, 0.15) is 27.0 Å². The monoisotopic (exact) mass is 508 g/mol. The van der Waals surface area contributed by atoms with Crippen molar-refractivity contribution in [3.63, 3.8) is 0 Å². The average Bonchev–Trinajstić information content (AvgIpc) is 3.40. The third-order valence-electron chi connectivity index (χ3n) is 6.78. The summed E-state index contributed by atoms with van der Waals surface area (Å²) in [5.74, 6) is 1.18. The van der Waals surface area contributed by atoms with Crippen molar-refractivity contribution in [3.8, 4) is 11.5 Å². The van der Waals surface area contributed by atoms with Crippen LogP contribution in [-0.2, 0) is 19.5 Å². The van der Waals surface area contributed by atoms with Gasteiger partial charge in [0.25, 0.3) is 17.1 Å². The molecule has 0 fully saturated rings. The third-order valence-corrected chi connectivity index (χ3v) is 6.78. The lowest BCUT2D eigenvalue weighted by molar-refractivity contribution is -0.658. The number of nitrogens with two attached hydrogens (primary N) is 1. The molecular formula is C29H26N5O4+. The molecule has 0 radical (unpaired) electrons. The predicted molar refractivity (Wildman–Crippen MR) is 142 cm³/mol. The Bertz CT molecular complexity index is 1770. The second kappa shape index (κ2) is 9.51. The zero-order chi connectivity index (χ0) is 26.2. The number of hydrogen-bond acceptors (Lipinski definition) is 6. The summed E-state index contributed by atoms with van der Waals surface area (Å²) in [5.41, 5.74) is 10.4. The van der Waals surface area contributed by atoms with E-state index in [9.17, 15) is 9.59 Å². The number of fused-ring (bicyclic) bond motifs is 3. The quantitative estimate of drug-likeness (QED) is 0.270. The Balaban J connectivity index is 1.41. The molecule has 1 aliphatic heterocycles. The molecule has 0 atom stereocenters. The Morgan fingerprint density at radius 3 is 2.71 bits per heavy atom. The normalized spacial score (nSPS) is 12.2. The molecule has 1 aliphatic rings. The Hall–Kier alpha value is -4.92. The lowest BCUT2D eigenvalue weighted by atomic mass is 10.1. The van der Waals surface area contributed by atoms with Gasteiger partial charge in [0.1, 0.15) is 10.9 Å². The van der Waals surface area contributed by atoms with Crippen molar-refractivity contribution in [3.05, 3.63) is 106 Å². The number of carbonyl (C=O) groups is 1. The molecule has 6 rings (SSSR count). The molecule has 0 bridgehead atoms. The fraction of sp³-hybridized carbons (Fsp3) is 0.172. The molecule has 5 aromatic rings. The number of pyridine rings is 2. The summed E-state index contributed by atoms with van der Waals surface area (Å²) in [6.45, 7) is 2.79. The van der Waals surface area contributed by atoms with Gasteiger partial charge in [-0.05, 0) is 42.3 Å². The van der Waals surface area contributed by atoms with Gasteiger partial charge in [-0.2, -0.15) is 0 Å². The number of ether oxygens (including phenoxy) is 2. The van der Waals surface area contributed by atoms with E-state index in [4.69, 9.17) is 20.2 Å². The maximum absolute atomic E-state index is 13.6. The van der Waals surface area contributed by atoms with Crippen LogP contribution >= 0.6 is 0 Å². The van der Waals surface area contributed by atoms with E-state index < -0.39 is 0 Å². The topological polar surface area (TPSA) is 112 Å². The van der Waals surface area contributed by atoms with Gasteiger partial charge < -0.3 is 20.5 Å². The highest BCUT2D eigenvalue weighted by molar-refractivity contribution is 6.00. The van der Waals surface area contributed by atoms with Crippen molar-refractivity contribution in [2.75, 3.05) is 12.5 Å². The first-order valence-corrected chi connectivity index (χ1v) is 12.3. The fourth-order valence-electron chi connectivity index (χ4n) is 4.73. The molecule has 0 saturated carbocycles. The highest BCUT2D eigenvalue weighted by Gasteiger charge is 2.25. The first-order valence-electron chi connectivity index (χ1n) is 12.3. The van der Waals surface area contributed by atoms with Gasteiger partial charge >= 0.3 is 0 Å². The van der Waals surface area contributed by atoms with Crippen LogP contribution in [0.3, 0.4) is 0 Å². The molecular weight excluding hydrogens is 482 g/mol. The van der Waals surface area contributed by atoms with Gasteiger partial charge in [0.2, 0.25) is 18.3 Å². The van der Waals surface area contributed by atoms with Crippen LogP contribution in [0, 0.1) is 6.92 Å². The largest absolute Gasteiger partial charge is 0.454 e. The van der Waals surface area contributed by atoms with Gasteiger partial charge in [-0.15, -0.1) is 0 Å². The van der Waals surface area contributed by atoms with Crippen molar-refractivity contribution in [1.29, 1.82) is 0 Å². The Morgan fingerprint density at radius 2 is 1.87 bits per heavy atom. The Morgan fingerprint density at radius 1 is 1.05 bits per heavy atom. The third kappa shape index (κ3) is 4.17. The molecule has 4 heterocycles. The van der Waals surface area contributed by atoms with E-state index in [1.807, 2.05) is 61.5 Å². The van der Waals surface area contributed by atoms with Crippen LogP contribution in [0.2, 0.25) is 0 Å². The first-order chi connectivity index (χ1) is 18.5. The maximum atomic E-state index is 13.6. The zero-order valence-electron chi connectivity index (χ0n) is 20.8. The summed E-state index contributed by atoms with van der Waals surface area (Å²) in [4.78, 5) is 31.8. The molecule has 38 heavy (non-hydrogen) atoms. The highest BCUT2D eigenvalue weighted by Crippen LogP contribution is 2.32. The molecule has 2 aromatic carbocycles. The number of carbonyl (C=O) groups excluding carboxylic acids is 1. The van der Waals surface area contributed by atoms with Gasteiger partial charge in [-0.25, -0.2) is 4.57 Å². The van der Waals surface area contributed by atoms with Gasteiger partial charge in [-0.1, -0.05) is 47.4 Å². The first kappa shape index (κ1) is 23.5. The zero-order valence-corrected chi connectivity index (χ0v) is 20.8. The van der Waals surface area contributed by atoms with Crippen molar-refractivity contribution >= 4 is 28.4 Å². The summed E-state index contributed by atoms with van der Waals surface area (Å²) in [6, 6.07) is 20.7. The molecule has 9 heteroatoms. The number of hydrogen-bond donors (Lipinski definition) is 2. The second-order valence-electron chi connectivity index (χ2n) is 9.24. The van der Waals surface area contributed by atoms with E-state index >= 15 is 0 Å². The molecule has 0 saturated heterocycles. The lowest BCUT2D eigenvalue weighted by Gasteiger charge is -2.13. The summed E-state index contributed by atoms with van der Waals surface area (Å²) < 4.78 is 14.1. The van der Waals surface area contributed by atoms with E-state index in [0.29, 0.717) is 41.1 Å². The van der Waals surface area contributed by atoms with E-state index in [2.05, 4.69) is 5.32 Å². The molecule has 0 aliphatic carbocycles. The van der Waals surface area contributed by atoms with E-state index in [-0.39, 0.29) is 36.2 Å². The summed E-state index contributed by atoms with van der Waals surface area (Å²) >= 11 is 0. The van der Waals surface area contributed by atoms with Crippen LogP contribution in [0.4, 0.5) is 5.82 Å². The number of nitrogens with one attached hydrogen (secondary N) is 1. The minimum atomic E-state index is -0.385. The molecule has 1 amide bonds. The Labute approximate surface area is 218 Å². The number of benzene rings is 2. The average molecular weight is 509 g/mol. The molecule has 0 unspecified atom stereocenters. The van der Waals surface area contributed by atoms with E-state index in [1.54, 1.807) is 22.9 Å². The molecule has 190 valence electrons. The van der Waals surface area contributed by atoms with E-state index in [0.717, 1.165) is 16.7 Å². The number of nitrogen functional groups attached to an aromatic ring is 1. The number of amides is 1. The van der Waals surface area contributed by atoms with Crippen molar-refractivity contribution in [1.82, 2.24) is 14.7 Å². The minimum Gasteiger partial charge on any atom is -0.454 e.